The number of Topliss-reactive ketones (excluding diaryl/α,β-unsaturated/α-hetero) is 1. The molecule has 0 radical (unpaired) electrons. The van der Waals surface area contributed by atoms with Gasteiger partial charge in [-0.3, -0.25) is 9.69 Å². The third-order valence-electron chi connectivity index (χ3n) is 5.48. The Hall–Kier alpha value is -2.86. The normalized spacial score (nSPS) is 17.1. The van der Waals surface area contributed by atoms with E-state index in [0.717, 1.165) is 43.2 Å². The molecule has 1 unspecified atom stereocenters. The summed E-state index contributed by atoms with van der Waals surface area (Å²) in [5.74, 6) is 0.543. The van der Waals surface area contributed by atoms with E-state index in [2.05, 4.69) is 16.7 Å². The average Bonchev–Trinajstić information content (AvgIpc) is 2.74. The van der Waals surface area contributed by atoms with Crippen LogP contribution in [0.1, 0.15) is 40.1 Å². The predicted molar refractivity (Wildman–Crippen MR) is 113 cm³/mol. The minimum Gasteiger partial charge on any atom is -0.496 e. The quantitative estimate of drug-likeness (QED) is 0.551. The molecule has 1 atom stereocenters. The monoisotopic (exact) mass is 396 g/mol. The van der Waals surface area contributed by atoms with Gasteiger partial charge in [-0.05, 0) is 56.3 Å². The van der Waals surface area contributed by atoms with Crippen molar-refractivity contribution in [1.82, 2.24) is 4.90 Å². The highest BCUT2D eigenvalue weighted by Gasteiger charge is 2.25. The molecule has 3 rings (SSSR count). The van der Waals surface area contributed by atoms with Crippen LogP contribution in [0.3, 0.4) is 0 Å². The summed E-state index contributed by atoms with van der Waals surface area (Å²) in [5, 5.41) is 0. The van der Waals surface area contributed by atoms with Gasteiger partial charge in [0, 0.05) is 49.0 Å². The van der Waals surface area contributed by atoms with Gasteiger partial charge in [-0.2, -0.15) is 0 Å². The Morgan fingerprint density at radius 2 is 1.72 bits per heavy atom. The number of carbonyl (C=O) groups excluding carboxylic acids is 2. The maximum atomic E-state index is 11.7. The van der Waals surface area contributed by atoms with E-state index in [4.69, 9.17) is 9.47 Å². The van der Waals surface area contributed by atoms with Crippen molar-refractivity contribution >= 4 is 17.4 Å². The number of methoxy groups -OCH3 is 2. The van der Waals surface area contributed by atoms with Crippen LogP contribution in [-0.4, -0.2) is 56.5 Å². The Bertz CT molecular complexity index is 879. The van der Waals surface area contributed by atoms with Gasteiger partial charge >= 0.3 is 5.97 Å². The zero-order chi connectivity index (χ0) is 21.0. The zero-order valence-electron chi connectivity index (χ0n) is 17.5. The fourth-order valence-electron chi connectivity index (χ4n) is 3.73. The first-order chi connectivity index (χ1) is 13.9. The summed E-state index contributed by atoms with van der Waals surface area (Å²) >= 11 is 0. The number of ether oxygens (including phenoxy) is 2. The summed E-state index contributed by atoms with van der Waals surface area (Å²) in [4.78, 5) is 28.1. The van der Waals surface area contributed by atoms with Crippen molar-refractivity contribution in [3.05, 3.63) is 59.2 Å². The van der Waals surface area contributed by atoms with Crippen molar-refractivity contribution in [3.8, 4) is 5.75 Å². The van der Waals surface area contributed by atoms with Gasteiger partial charge in [-0.15, -0.1) is 0 Å². The van der Waals surface area contributed by atoms with Crippen LogP contribution in [0.4, 0.5) is 5.69 Å². The summed E-state index contributed by atoms with van der Waals surface area (Å²) in [7, 11) is 3.05. The highest BCUT2D eigenvalue weighted by atomic mass is 16.5. The van der Waals surface area contributed by atoms with Crippen molar-refractivity contribution in [3.63, 3.8) is 0 Å². The van der Waals surface area contributed by atoms with Gasteiger partial charge in [-0.1, -0.05) is 0 Å². The molecule has 29 heavy (non-hydrogen) atoms. The van der Waals surface area contributed by atoms with Crippen molar-refractivity contribution in [2.75, 3.05) is 38.8 Å². The fraction of sp³-hybridized carbons (Fsp3) is 0.391. The summed E-state index contributed by atoms with van der Waals surface area (Å²) in [5.41, 5.74) is 3.39. The van der Waals surface area contributed by atoms with E-state index in [1.807, 2.05) is 30.3 Å². The standard InChI is InChI=1S/C23H28N2O4/c1-16-14-25(21-8-5-18(6-9-21)23(27)29-4)12-11-24(16)15-20-13-19(17(2)26)7-10-22(20)28-3/h5-10,13,16H,11-12,14-15H2,1-4H3. The highest BCUT2D eigenvalue weighted by Crippen LogP contribution is 2.26. The van der Waals surface area contributed by atoms with Crippen LogP contribution in [-0.2, 0) is 11.3 Å². The van der Waals surface area contributed by atoms with Crippen LogP contribution >= 0.6 is 0 Å². The van der Waals surface area contributed by atoms with E-state index in [-0.39, 0.29) is 11.8 Å². The van der Waals surface area contributed by atoms with Gasteiger partial charge < -0.3 is 14.4 Å². The molecule has 154 valence electrons. The number of carbonyl (C=O) groups is 2. The number of anilines is 1. The molecule has 0 bridgehead atoms. The molecule has 1 fully saturated rings. The number of nitrogens with zero attached hydrogens (tertiary/aromatic N) is 2. The van der Waals surface area contributed by atoms with E-state index in [1.165, 1.54) is 7.11 Å². The number of piperazine rings is 1. The number of ketones is 1. The van der Waals surface area contributed by atoms with Crippen LogP contribution in [0, 0.1) is 0 Å². The average molecular weight is 396 g/mol. The van der Waals surface area contributed by atoms with Gasteiger partial charge in [0.1, 0.15) is 5.75 Å². The Kier molecular flexibility index (Phi) is 6.54. The molecule has 1 aliphatic rings. The van der Waals surface area contributed by atoms with Crippen LogP contribution in [0.15, 0.2) is 42.5 Å². The molecule has 0 aromatic heterocycles. The summed E-state index contributed by atoms with van der Waals surface area (Å²) < 4.78 is 10.3. The Morgan fingerprint density at radius 3 is 2.31 bits per heavy atom. The van der Waals surface area contributed by atoms with Crippen molar-refractivity contribution in [1.29, 1.82) is 0 Å². The van der Waals surface area contributed by atoms with E-state index < -0.39 is 0 Å². The first-order valence-corrected chi connectivity index (χ1v) is 9.78. The zero-order valence-corrected chi connectivity index (χ0v) is 17.5. The molecule has 6 heteroatoms. The van der Waals surface area contributed by atoms with Crippen molar-refractivity contribution in [2.45, 2.75) is 26.4 Å². The first kappa shape index (κ1) is 20.9. The van der Waals surface area contributed by atoms with Crippen molar-refractivity contribution < 1.29 is 19.1 Å². The molecule has 0 amide bonds. The molecule has 0 spiro atoms. The second-order valence-corrected chi connectivity index (χ2v) is 7.39. The van der Waals surface area contributed by atoms with E-state index >= 15 is 0 Å². The topological polar surface area (TPSA) is 59.1 Å². The number of hydrogen-bond acceptors (Lipinski definition) is 6. The second-order valence-electron chi connectivity index (χ2n) is 7.39. The minimum atomic E-state index is -0.323. The largest absolute Gasteiger partial charge is 0.496 e. The van der Waals surface area contributed by atoms with Crippen molar-refractivity contribution in [2.24, 2.45) is 0 Å². The number of hydrogen-bond donors (Lipinski definition) is 0. The van der Waals surface area contributed by atoms with E-state index in [0.29, 0.717) is 17.2 Å². The Labute approximate surface area is 172 Å². The van der Waals surface area contributed by atoms with Gasteiger partial charge in [0.15, 0.2) is 5.78 Å². The number of esters is 1. The highest BCUT2D eigenvalue weighted by molar-refractivity contribution is 5.94. The molecular formula is C23H28N2O4. The maximum Gasteiger partial charge on any atom is 0.337 e. The number of benzene rings is 2. The Balaban J connectivity index is 1.68. The SMILES string of the molecule is COC(=O)c1ccc(N2CCN(Cc3cc(C(C)=O)ccc3OC)C(C)C2)cc1. The third kappa shape index (κ3) is 4.77. The van der Waals surface area contributed by atoms with Gasteiger partial charge in [0.05, 0.1) is 19.8 Å². The van der Waals surface area contributed by atoms with E-state index in [9.17, 15) is 9.59 Å². The van der Waals surface area contributed by atoms with Crippen LogP contribution in [0.5, 0.6) is 5.75 Å². The molecule has 2 aromatic rings. The molecular weight excluding hydrogens is 368 g/mol. The minimum absolute atomic E-state index is 0.0576. The fourth-order valence-corrected chi connectivity index (χ4v) is 3.73. The lowest BCUT2D eigenvalue weighted by molar-refractivity contribution is 0.0600. The van der Waals surface area contributed by atoms with Gasteiger partial charge in [0.25, 0.3) is 0 Å². The Morgan fingerprint density at radius 1 is 1.03 bits per heavy atom. The van der Waals surface area contributed by atoms with Crippen LogP contribution < -0.4 is 9.64 Å². The number of rotatable bonds is 6. The molecule has 0 N–H and O–H groups in total. The summed E-state index contributed by atoms with van der Waals surface area (Å²) in [6.07, 6.45) is 0. The molecule has 0 saturated carbocycles. The van der Waals surface area contributed by atoms with E-state index in [1.54, 1.807) is 26.2 Å². The smallest absolute Gasteiger partial charge is 0.337 e. The molecule has 1 heterocycles. The molecule has 6 nitrogen and oxygen atoms in total. The maximum absolute atomic E-state index is 11.7. The molecule has 2 aromatic carbocycles. The third-order valence-corrected chi connectivity index (χ3v) is 5.48. The van der Waals surface area contributed by atoms with Crippen LogP contribution in [0.2, 0.25) is 0 Å². The van der Waals surface area contributed by atoms with Gasteiger partial charge in [0.2, 0.25) is 0 Å². The molecule has 0 aliphatic carbocycles. The summed E-state index contributed by atoms with van der Waals surface area (Å²) in [6.45, 7) is 7.19. The van der Waals surface area contributed by atoms with Crippen LogP contribution in [0.25, 0.3) is 0 Å². The lowest BCUT2D eigenvalue weighted by atomic mass is 10.0. The first-order valence-electron chi connectivity index (χ1n) is 9.78. The second kappa shape index (κ2) is 9.09. The summed E-state index contributed by atoms with van der Waals surface area (Å²) in [6, 6.07) is 13.5. The lowest BCUT2D eigenvalue weighted by Crippen LogP contribution is -2.51. The lowest BCUT2D eigenvalue weighted by Gasteiger charge is -2.41. The molecule has 1 aliphatic heterocycles. The molecule has 1 saturated heterocycles. The van der Waals surface area contributed by atoms with Gasteiger partial charge in [-0.25, -0.2) is 4.79 Å². The predicted octanol–water partition coefficient (Wildman–Crippen LogP) is 3.40.